The van der Waals surface area contributed by atoms with Crippen LogP contribution in [0.25, 0.3) is 10.2 Å². The first-order valence-corrected chi connectivity index (χ1v) is 10.3. The Bertz CT molecular complexity index is 915. The number of fused-ring (bicyclic) bond motifs is 1. The highest BCUT2D eigenvalue weighted by molar-refractivity contribution is 7.88. The molecule has 0 fully saturated rings. The van der Waals surface area contributed by atoms with E-state index in [0.717, 1.165) is 34.0 Å². The lowest BCUT2D eigenvalue weighted by atomic mass is 10.3. The molecule has 0 aliphatic heterocycles. The van der Waals surface area contributed by atoms with E-state index in [0.29, 0.717) is 6.54 Å². The topological polar surface area (TPSA) is 73.8 Å². The van der Waals surface area contributed by atoms with E-state index in [-0.39, 0.29) is 28.4 Å². The maximum atomic E-state index is 13.9. The SMILES string of the molecule is CN(C)CCN(C(=O)CN(C)S(C)(=O)=O)c1nc2c(F)cc(F)cc2s1. The number of anilines is 1. The maximum absolute atomic E-state index is 13.9. The average molecular weight is 406 g/mol. The molecule has 0 saturated heterocycles. The van der Waals surface area contributed by atoms with Crippen LogP contribution >= 0.6 is 11.3 Å². The number of amides is 1. The third-order valence-corrected chi connectivity index (χ3v) is 5.92. The number of rotatable bonds is 7. The largest absolute Gasteiger partial charge is 0.308 e. The van der Waals surface area contributed by atoms with Gasteiger partial charge in [-0.05, 0) is 20.2 Å². The predicted molar refractivity (Wildman–Crippen MR) is 97.9 cm³/mol. The van der Waals surface area contributed by atoms with Gasteiger partial charge in [-0.1, -0.05) is 11.3 Å². The van der Waals surface area contributed by atoms with E-state index in [4.69, 9.17) is 0 Å². The van der Waals surface area contributed by atoms with Gasteiger partial charge in [0.15, 0.2) is 10.9 Å². The Hall–Kier alpha value is -1.69. The fourth-order valence-corrected chi connectivity index (χ4v) is 3.47. The summed E-state index contributed by atoms with van der Waals surface area (Å²) in [6.07, 6.45) is 1.00. The van der Waals surface area contributed by atoms with Crippen molar-refractivity contribution in [3.05, 3.63) is 23.8 Å². The van der Waals surface area contributed by atoms with Gasteiger partial charge in [-0.3, -0.25) is 9.69 Å². The van der Waals surface area contributed by atoms with Crippen molar-refractivity contribution in [2.24, 2.45) is 0 Å². The van der Waals surface area contributed by atoms with Gasteiger partial charge in [-0.2, -0.15) is 4.31 Å². The Morgan fingerprint density at radius 2 is 1.85 bits per heavy atom. The Morgan fingerprint density at radius 1 is 1.19 bits per heavy atom. The first kappa shape index (κ1) is 20.6. The molecule has 1 amide bonds. The Balaban J connectivity index is 2.38. The molecule has 0 spiro atoms. The lowest BCUT2D eigenvalue weighted by molar-refractivity contribution is -0.118. The second-order valence-electron chi connectivity index (χ2n) is 6.10. The van der Waals surface area contributed by atoms with Gasteiger partial charge in [0.2, 0.25) is 15.9 Å². The average Bonchev–Trinajstić information content (AvgIpc) is 2.89. The lowest BCUT2D eigenvalue weighted by Crippen LogP contribution is -2.43. The molecule has 11 heteroatoms. The van der Waals surface area contributed by atoms with Crippen LogP contribution in [0.3, 0.4) is 0 Å². The van der Waals surface area contributed by atoms with Crippen LogP contribution in [0, 0.1) is 11.6 Å². The number of thiazole rings is 1. The van der Waals surface area contributed by atoms with Crippen molar-refractivity contribution in [2.75, 3.05) is 51.9 Å². The van der Waals surface area contributed by atoms with Crippen molar-refractivity contribution >= 4 is 42.6 Å². The summed E-state index contributed by atoms with van der Waals surface area (Å²) in [4.78, 5) is 19.9. The van der Waals surface area contributed by atoms with Crippen LogP contribution in [0.5, 0.6) is 0 Å². The molecule has 0 atom stereocenters. The van der Waals surface area contributed by atoms with E-state index in [9.17, 15) is 22.0 Å². The molecule has 7 nitrogen and oxygen atoms in total. The van der Waals surface area contributed by atoms with Crippen molar-refractivity contribution in [2.45, 2.75) is 0 Å². The summed E-state index contributed by atoms with van der Waals surface area (Å²) >= 11 is 0.976. The molecule has 1 heterocycles. The molecular formula is C15H20F2N4O3S2. The molecule has 0 bridgehead atoms. The van der Waals surface area contributed by atoms with Gasteiger partial charge in [-0.15, -0.1) is 0 Å². The molecule has 0 saturated carbocycles. The van der Waals surface area contributed by atoms with Crippen molar-refractivity contribution in [1.82, 2.24) is 14.2 Å². The molecule has 26 heavy (non-hydrogen) atoms. The first-order valence-electron chi connectivity index (χ1n) is 7.61. The smallest absolute Gasteiger partial charge is 0.244 e. The zero-order valence-electron chi connectivity index (χ0n) is 14.9. The van der Waals surface area contributed by atoms with Crippen LogP contribution in [0.4, 0.5) is 13.9 Å². The molecule has 1 aromatic heterocycles. The highest BCUT2D eigenvalue weighted by atomic mass is 32.2. The quantitative estimate of drug-likeness (QED) is 0.694. The van der Waals surface area contributed by atoms with Crippen LogP contribution in [0.15, 0.2) is 12.1 Å². The second kappa shape index (κ2) is 7.91. The predicted octanol–water partition coefficient (Wildman–Crippen LogP) is 1.36. The zero-order chi connectivity index (χ0) is 19.6. The number of sulfonamides is 1. The zero-order valence-corrected chi connectivity index (χ0v) is 16.5. The minimum atomic E-state index is -3.53. The van der Waals surface area contributed by atoms with Crippen molar-refractivity contribution in [3.63, 3.8) is 0 Å². The van der Waals surface area contributed by atoms with Crippen molar-refractivity contribution < 1.29 is 22.0 Å². The van der Waals surface area contributed by atoms with E-state index in [1.807, 2.05) is 19.0 Å². The number of benzene rings is 1. The molecule has 0 N–H and O–H groups in total. The molecule has 2 aromatic rings. The van der Waals surface area contributed by atoms with Gasteiger partial charge in [0.1, 0.15) is 11.3 Å². The molecule has 0 aliphatic carbocycles. The highest BCUT2D eigenvalue weighted by Crippen LogP contribution is 2.31. The summed E-state index contributed by atoms with van der Waals surface area (Å²) in [5.41, 5.74) is -0.0227. The molecule has 0 aliphatic rings. The molecular weight excluding hydrogens is 386 g/mol. The van der Waals surface area contributed by atoms with Crippen LogP contribution < -0.4 is 4.90 Å². The Labute approximate surface area is 154 Å². The normalized spacial score (nSPS) is 12.3. The second-order valence-corrected chi connectivity index (χ2v) is 9.20. The summed E-state index contributed by atoms with van der Waals surface area (Å²) in [7, 11) is 1.40. The third-order valence-electron chi connectivity index (χ3n) is 3.63. The van der Waals surface area contributed by atoms with Crippen LogP contribution in [0.1, 0.15) is 0 Å². The fourth-order valence-electron chi connectivity index (χ4n) is 2.08. The number of halogens is 2. The van der Waals surface area contributed by atoms with Crippen molar-refractivity contribution in [3.8, 4) is 0 Å². The number of nitrogens with zero attached hydrogens (tertiary/aromatic N) is 4. The number of likely N-dealkylation sites (N-methyl/N-ethyl adjacent to an activating group) is 2. The fraction of sp³-hybridized carbons (Fsp3) is 0.467. The van der Waals surface area contributed by atoms with Crippen molar-refractivity contribution in [1.29, 1.82) is 0 Å². The highest BCUT2D eigenvalue weighted by Gasteiger charge is 2.24. The van der Waals surface area contributed by atoms with Crippen LogP contribution in [-0.2, 0) is 14.8 Å². The lowest BCUT2D eigenvalue weighted by Gasteiger charge is -2.24. The van der Waals surface area contributed by atoms with Gasteiger partial charge in [0, 0.05) is 26.2 Å². The van der Waals surface area contributed by atoms with Gasteiger partial charge in [0.05, 0.1) is 17.5 Å². The summed E-state index contributed by atoms with van der Waals surface area (Å²) in [6.45, 7) is 0.341. The van der Waals surface area contributed by atoms with E-state index in [1.54, 1.807) is 0 Å². The molecule has 0 radical (unpaired) electrons. The van der Waals surface area contributed by atoms with Gasteiger partial charge >= 0.3 is 0 Å². The van der Waals surface area contributed by atoms with Crippen LogP contribution in [0.2, 0.25) is 0 Å². The van der Waals surface area contributed by atoms with E-state index >= 15 is 0 Å². The number of hydrogen-bond acceptors (Lipinski definition) is 6. The van der Waals surface area contributed by atoms with E-state index < -0.39 is 27.6 Å². The number of aromatic nitrogens is 1. The molecule has 144 valence electrons. The number of carbonyl (C=O) groups excluding carboxylic acids is 1. The molecule has 2 rings (SSSR count). The summed E-state index contributed by atoms with van der Waals surface area (Å²) in [5.74, 6) is -2.04. The van der Waals surface area contributed by atoms with E-state index in [1.165, 1.54) is 11.9 Å². The van der Waals surface area contributed by atoms with Gasteiger partial charge in [0.25, 0.3) is 0 Å². The summed E-state index contributed by atoms with van der Waals surface area (Å²) in [5, 5.41) is 0.193. The summed E-state index contributed by atoms with van der Waals surface area (Å²) in [6, 6.07) is 1.88. The number of carbonyl (C=O) groups is 1. The van der Waals surface area contributed by atoms with Gasteiger partial charge < -0.3 is 4.90 Å². The monoisotopic (exact) mass is 406 g/mol. The Morgan fingerprint density at radius 3 is 2.42 bits per heavy atom. The minimum Gasteiger partial charge on any atom is -0.308 e. The maximum Gasteiger partial charge on any atom is 0.244 e. The molecule has 1 aromatic carbocycles. The minimum absolute atomic E-state index is 0.0227. The molecule has 0 unspecified atom stereocenters. The van der Waals surface area contributed by atoms with E-state index in [2.05, 4.69) is 4.98 Å². The number of hydrogen-bond donors (Lipinski definition) is 0. The first-order chi connectivity index (χ1) is 12.0. The van der Waals surface area contributed by atoms with Crippen LogP contribution in [-0.4, -0.2) is 75.5 Å². The van der Waals surface area contributed by atoms with Gasteiger partial charge in [-0.25, -0.2) is 22.2 Å². The Kier molecular flexibility index (Phi) is 6.27. The standard InChI is InChI=1S/C15H20F2N4O3S2/c1-19(2)5-6-21(13(22)9-20(3)26(4,23)24)15-18-14-11(17)7-10(16)8-12(14)25-15/h7-8H,5-6,9H2,1-4H3. The summed E-state index contributed by atoms with van der Waals surface area (Å²) < 4.78 is 51.6. The third kappa shape index (κ3) is 4.93.